The number of nitrogens with two attached hydrogens (primary N) is 1. The molecule has 0 saturated heterocycles. The van der Waals surface area contributed by atoms with E-state index >= 15 is 0 Å². The number of allylic oxidation sites excluding steroid dienone is 4. The number of hydrogen-bond donors (Lipinski definition) is 5. The Kier molecular flexibility index (Phi) is 5.05. The van der Waals surface area contributed by atoms with Gasteiger partial charge < -0.3 is 26.2 Å². The molecule has 4 aliphatic carbocycles. The predicted octanol–water partition coefficient (Wildman–Crippen LogP) is 1.31. The fourth-order valence-corrected chi connectivity index (χ4v) is 6.19. The molecule has 3 unspecified atom stereocenters. The zero-order valence-electron chi connectivity index (χ0n) is 19.3. The third kappa shape index (κ3) is 2.98. The number of amides is 1. The molecule has 4 aliphatic rings. The summed E-state index contributed by atoms with van der Waals surface area (Å²) in [7, 11) is 3.15. The summed E-state index contributed by atoms with van der Waals surface area (Å²) < 4.78 is 0. The lowest BCUT2D eigenvalue weighted by Crippen LogP contribution is -2.65. The largest absolute Gasteiger partial charge is 0.508 e. The van der Waals surface area contributed by atoms with Gasteiger partial charge in [0.1, 0.15) is 22.8 Å². The molecule has 182 valence electrons. The molecule has 1 amide bonds. The van der Waals surface area contributed by atoms with E-state index in [-0.39, 0.29) is 29.7 Å². The molecular weight excluding hydrogens is 452 g/mol. The number of hydrogen-bond acceptors (Lipinski definition) is 8. The van der Waals surface area contributed by atoms with Gasteiger partial charge in [-0.2, -0.15) is 0 Å². The first-order chi connectivity index (χ1) is 16.5. The lowest BCUT2D eigenvalue weighted by Gasteiger charge is -2.50. The van der Waals surface area contributed by atoms with Gasteiger partial charge in [-0.3, -0.25) is 19.3 Å². The van der Waals surface area contributed by atoms with Crippen molar-refractivity contribution in [3.63, 3.8) is 0 Å². The summed E-state index contributed by atoms with van der Waals surface area (Å²) in [5.41, 5.74) is 4.35. The number of phenols is 1. The van der Waals surface area contributed by atoms with E-state index in [1.54, 1.807) is 20.2 Å². The summed E-state index contributed by atoms with van der Waals surface area (Å²) in [6.07, 6.45) is 6.89. The molecule has 35 heavy (non-hydrogen) atoms. The van der Waals surface area contributed by atoms with Crippen molar-refractivity contribution in [2.45, 2.75) is 30.9 Å². The van der Waals surface area contributed by atoms with E-state index in [4.69, 9.17) is 5.73 Å². The zero-order valence-corrected chi connectivity index (χ0v) is 19.3. The molecule has 1 saturated carbocycles. The normalized spacial score (nSPS) is 29.8. The van der Waals surface area contributed by atoms with Gasteiger partial charge in [-0.25, -0.2) is 0 Å². The average molecular weight is 479 g/mol. The number of aliphatic hydroxyl groups excluding tert-OH is 2. The van der Waals surface area contributed by atoms with E-state index in [9.17, 15) is 34.8 Å². The second-order valence-electron chi connectivity index (χ2n) is 9.77. The van der Waals surface area contributed by atoms with Crippen LogP contribution in [0.3, 0.4) is 0 Å². The maximum atomic E-state index is 13.8. The van der Waals surface area contributed by atoms with Gasteiger partial charge >= 0.3 is 0 Å². The van der Waals surface area contributed by atoms with E-state index in [0.717, 1.165) is 11.1 Å². The van der Waals surface area contributed by atoms with Crippen LogP contribution >= 0.6 is 0 Å². The van der Waals surface area contributed by atoms with Crippen LogP contribution in [0, 0.1) is 11.8 Å². The molecular formula is C26H26N2O7. The predicted molar refractivity (Wildman–Crippen MR) is 126 cm³/mol. The van der Waals surface area contributed by atoms with Crippen molar-refractivity contribution in [2.24, 2.45) is 17.6 Å². The molecule has 9 heteroatoms. The summed E-state index contributed by atoms with van der Waals surface area (Å²) in [5.74, 6) is -6.50. The van der Waals surface area contributed by atoms with Crippen LogP contribution in [0.25, 0.3) is 11.3 Å². The maximum Gasteiger partial charge on any atom is 0.255 e. The molecule has 4 atom stereocenters. The van der Waals surface area contributed by atoms with Gasteiger partial charge in [0.25, 0.3) is 5.91 Å². The number of Topliss-reactive ketones (excluding diaryl/α,β-unsaturated/α-hetero) is 2. The number of ketones is 2. The minimum absolute atomic E-state index is 0.0676. The Hall–Kier alpha value is -3.69. The third-order valence-corrected chi connectivity index (χ3v) is 7.72. The second kappa shape index (κ2) is 7.66. The molecule has 0 bridgehead atoms. The van der Waals surface area contributed by atoms with Gasteiger partial charge in [-0.15, -0.1) is 0 Å². The third-order valence-electron chi connectivity index (χ3n) is 7.72. The van der Waals surface area contributed by atoms with Crippen LogP contribution in [0.4, 0.5) is 0 Å². The Morgan fingerprint density at radius 3 is 2.49 bits per heavy atom. The summed E-state index contributed by atoms with van der Waals surface area (Å²) in [4.78, 5) is 40.4. The highest BCUT2D eigenvalue weighted by Crippen LogP contribution is 2.53. The number of fused-ring (bicyclic) bond motifs is 3. The molecule has 1 fully saturated rings. The Morgan fingerprint density at radius 1 is 1.17 bits per heavy atom. The van der Waals surface area contributed by atoms with Gasteiger partial charge in [0.2, 0.25) is 5.78 Å². The van der Waals surface area contributed by atoms with Gasteiger partial charge in [0.15, 0.2) is 11.4 Å². The number of likely N-dealkylation sites (N-methyl/N-ethyl adjacent to an activating group) is 1. The number of phenolic OH excluding ortho intramolecular Hbond substituents is 1. The average Bonchev–Trinajstić information content (AvgIpc) is 3.30. The maximum absolute atomic E-state index is 13.8. The standard InChI is InChI=1S/C26H26N2O7/c1-28(2)20-15-10-12-9-14-13(11-5-3-4-6-11)7-8-16(29)18(14)21(30)17(12)23(32)26(15,35)24(33)19(22(20)31)25(27)34/h3-5,7-8,12,15,20,29-30,33,35H,6,9-10H2,1-2H3,(H2,27,34)/t12?,15?,20?,26-/m0/s1. The molecule has 0 heterocycles. The van der Waals surface area contributed by atoms with Gasteiger partial charge in [-0.05, 0) is 62.0 Å². The molecule has 9 nitrogen and oxygen atoms in total. The van der Waals surface area contributed by atoms with Crippen LogP contribution in [0.5, 0.6) is 5.75 Å². The number of aromatic hydroxyl groups is 1. The highest BCUT2D eigenvalue weighted by molar-refractivity contribution is 6.24. The SMILES string of the molecule is CN(C)C1C(=O)C(C(N)=O)=C(O)[C@@]2(O)C(=O)C3=C(O)c4c(O)ccc(C5=CC=CC5)c4CC3CC12. The highest BCUT2D eigenvalue weighted by atomic mass is 16.3. The highest BCUT2D eigenvalue weighted by Gasteiger charge is 2.64. The van der Waals surface area contributed by atoms with Crippen LogP contribution in [-0.2, 0) is 20.8 Å². The summed E-state index contributed by atoms with van der Waals surface area (Å²) >= 11 is 0. The first-order valence-corrected chi connectivity index (χ1v) is 11.4. The van der Waals surface area contributed by atoms with E-state index in [1.807, 2.05) is 18.2 Å². The number of rotatable bonds is 3. The number of aliphatic hydroxyl groups is 3. The van der Waals surface area contributed by atoms with Gasteiger partial charge in [-0.1, -0.05) is 24.3 Å². The monoisotopic (exact) mass is 478 g/mol. The first kappa shape index (κ1) is 23.1. The van der Waals surface area contributed by atoms with E-state index in [1.165, 1.54) is 11.0 Å². The van der Waals surface area contributed by atoms with Crippen molar-refractivity contribution in [1.29, 1.82) is 0 Å². The Morgan fingerprint density at radius 2 is 1.89 bits per heavy atom. The van der Waals surface area contributed by atoms with Crippen LogP contribution < -0.4 is 5.73 Å². The minimum atomic E-state index is -2.63. The zero-order chi connectivity index (χ0) is 25.4. The van der Waals surface area contributed by atoms with Crippen molar-refractivity contribution in [3.05, 3.63) is 64.0 Å². The van der Waals surface area contributed by atoms with Crippen molar-refractivity contribution in [3.8, 4) is 5.75 Å². The summed E-state index contributed by atoms with van der Waals surface area (Å²) in [6.45, 7) is 0. The van der Waals surface area contributed by atoms with E-state index in [0.29, 0.717) is 12.0 Å². The number of nitrogens with zero attached hydrogens (tertiary/aromatic N) is 1. The molecule has 0 aromatic heterocycles. The molecule has 0 aliphatic heterocycles. The van der Waals surface area contributed by atoms with Crippen LogP contribution in [0.2, 0.25) is 0 Å². The second-order valence-corrected chi connectivity index (χ2v) is 9.77. The lowest BCUT2D eigenvalue weighted by molar-refractivity contribution is -0.153. The van der Waals surface area contributed by atoms with Crippen LogP contribution in [-0.4, -0.2) is 68.5 Å². The Bertz CT molecular complexity index is 1330. The van der Waals surface area contributed by atoms with Crippen LogP contribution in [0.15, 0.2) is 47.3 Å². The molecule has 5 rings (SSSR count). The Balaban J connectivity index is 1.73. The van der Waals surface area contributed by atoms with E-state index < -0.39 is 58.0 Å². The van der Waals surface area contributed by atoms with E-state index in [2.05, 4.69) is 0 Å². The molecule has 0 radical (unpaired) electrons. The topological polar surface area (TPSA) is 161 Å². The summed E-state index contributed by atoms with van der Waals surface area (Å²) in [5, 5.41) is 44.3. The number of primary amides is 1. The quantitative estimate of drug-likeness (QED) is 0.406. The van der Waals surface area contributed by atoms with Gasteiger partial charge in [0.05, 0.1) is 11.6 Å². The first-order valence-electron chi connectivity index (χ1n) is 11.4. The summed E-state index contributed by atoms with van der Waals surface area (Å²) in [6, 6.07) is 2.11. The van der Waals surface area contributed by atoms with Crippen molar-refractivity contribution in [2.75, 3.05) is 14.1 Å². The number of carbonyl (C=O) groups excluding carboxylic acids is 3. The molecule has 1 aromatic carbocycles. The molecule has 1 aromatic rings. The lowest BCUT2D eigenvalue weighted by atomic mass is 9.57. The molecule has 0 spiro atoms. The molecule has 6 N–H and O–H groups in total. The van der Waals surface area contributed by atoms with Crippen molar-refractivity contribution in [1.82, 2.24) is 4.90 Å². The van der Waals surface area contributed by atoms with Gasteiger partial charge in [0, 0.05) is 11.5 Å². The fourth-order valence-electron chi connectivity index (χ4n) is 6.19. The fraction of sp³-hybridized carbons (Fsp3) is 0.346. The van der Waals surface area contributed by atoms with Crippen molar-refractivity contribution >= 4 is 28.8 Å². The van der Waals surface area contributed by atoms with Crippen LogP contribution in [0.1, 0.15) is 29.5 Å². The van der Waals surface area contributed by atoms with Crippen molar-refractivity contribution < 1.29 is 34.8 Å². The smallest absolute Gasteiger partial charge is 0.255 e. The Labute approximate surface area is 201 Å². The number of benzene rings is 1. The minimum Gasteiger partial charge on any atom is -0.508 e. The number of carbonyl (C=O) groups is 3.